The van der Waals surface area contributed by atoms with Crippen LogP contribution in [0.2, 0.25) is 0 Å². The monoisotopic (exact) mass is 320 g/mol. The van der Waals surface area contributed by atoms with Gasteiger partial charge in [0.1, 0.15) is 5.82 Å². The summed E-state index contributed by atoms with van der Waals surface area (Å²) in [6.07, 6.45) is 0. The van der Waals surface area contributed by atoms with Gasteiger partial charge in [0, 0.05) is 15.6 Å². The van der Waals surface area contributed by atoms with Gasteiger partial charge < -0.3 is 0 Å². The fraction of sp³-hybridized carbons (Fsp3) is 0.188. The Morgan fingerprint density at radius 1 is 0.947 bits per heavy atom. The Bertz CT molecular complexity index is 642. The lowest BCUT2D eigenvalue weighted by Crippen LogP contribution is -2.05. The van der Waals surface area contributed by atoms with Crippen molar-refractivity contribution in [3.63, 3.8) is 0 Å². The van der Waals surface area contributed by atoms with Crippen LogP contribution in [-0.4, -0.2) is 5.78 Å². The largest absolute Gasteiger partial charge is 0.289 e. The highest BCUT2D eigenvalue weighted by Gasteiger charge is 2.14. The molecule has 0 aliphatic heterocycles. The minimum Gasteiger partial charge on any atom is -0.289 e. The molecule has 0 heterocycles. The maximum Gasteiger partial charge on any atom is 0.193 e. The number of hydrogen-bond donors (Lipinski definition) is 0. The molecule has 0 N–H and O–H groups in total. The molecule has 0 radical (unpaired) electrons. The predicted molar refractivity (Wildman–Crippen MR) is 78.2 cm³/mol. The van der Waals surface area contributed by atoms with Crippen LogP contribution in [-0.2, 0) is 0 Å². The van der Waals surface area contributed by atoms with Crippen molar-refractivity contribution >= 4 is 21.7 Å². The van der Waals surface area contributed by atoms with E-state index in [2.05, 4.69) is 15.9 Å². The van der Waals surface area contributed by atoms with Gasteiger partial charge in [0.05, 0.1) is 0 Å². The van der Waals surface area contributed by atoms with E-state index in [1.807, 2.05) is 32.9 Å². The molecular formula is C16H14BrFO. The van der Waals surface area contributed by atoms with Gasteiger partial charge in [0.2, 0.25) is 0 Å². The van der Waals surface area contributed by atoms with E-state index in [-0.39, 0.29) is 5.78 Å². The Kier molecular flexibility index (Phi) is 3.85. The molecule has 0 unspecified atom stereocenters. The Hall–Kier alpha value is -1.48. The zero-order valence-electron chi connectivity index (χ0n) is 11.1. The van der Waals surface area contributed by atoms with Crippen LogP contribution in [0, 0.1) is 26.6 Å². The zero-order valence-corrected chi connectivity index (χ0v) is 12.6. The lowest BCUT2D eigenvalue weighted by molar-refractivity contribution is 0.103. The summed E-state index contributed by atoms with van der Waals surface area (Å²) in [6.45, 7) is 5.87. The van der Waals surface area contributed by atoms with Gasteiger partial charge >= 0.3 is 0 Å². The second-order valence-corrected chi connectivity index (χ2v) is 5.65. The molecule has 2 aromatic carbocycles. The lowest BCUT2D eigenvalue weighted by atomic mass is 9.95. The number of ketones is 1. The Morgan fingerprint density at radius 2 is 1.58 bits per heavy atom. The first-order chi connectivity index (χ1) is 8.88. The second-order valence-electron chi connectivity index (χ2n) is 4.74. The summed E-state index contributed by atoms with van der Waals surface area (Å²) in [5, 5.41) is 0. The Balaban J connectivity index is 2.53. The fourth-order valence-electron chi connectivity index (χ4n) is 2.05. The molecule has 1 nitrogen and oxygen atoms in total. The summed E-state index contributed by atoms with van der Waals surface area (Å²) in [6, 6.07) is 8.09. The molecule has 0 bridgehead atoms. The van der Waals surface area contributed by atoms with Crippen LogP contribution in [0.5, 0.6) is 0 Å². The number of halogens is 2. The second kappa shape index (κ2) is 5.25. The van der Waals surface area contributed by atoms with E-state index in [9.17, 15) is 9.18 Å². The molecule has 0 spiro atoms. The van der Waals surface area contributed by atoms with E-state index in [1.165, 1.54) is 12.1 Å². The van der Waals surface area contributed by atoms with Crippen LogP contribution >= 0.6 is 15.9 Å². The maximum absolute atomic E-state index is 13.4. The van der Waals surface area contributed by atoms with E-state index in [0.29, 0.717) is 15.6 Å². The van der Waals surface area contributed by atoms with Crippen LogP contribution < -0.4 is 0 Å². The van der Waals surface area contributed by atoms with E-state index < -0.39 is 5.82 Å². The number of benzene rings is 2. The third-order valence-electron chi connectivity index (χ3n) is 3.21. The summed E-state index contributed by atoms with van der Waals surface area (Å²) >= 11 is 3.21. The number of hydrogen-bond acceptors (Lipinski definition) is 1. The highest BCUT2D eigenvalue weighted by molar-refractivity contribution is 9.10. The first-order valence-electron chi connectivity index (χ1n) is 5.97. The van der Waals surface area contributed by atoms with Crippen LogP contribution in [0.3, 0.4) is 0 Å². The molecule has 2 rings (SSSR count). The van der Waals surface area contributed by atoms with Crippen molar-refractivity contribution in [1.29, 1.82) is 0 Å². The molecule has 0 atom stereocenters. The van der Waals surface area contributed by atoms with Gasteiger partial charge in [-0.25, -0.2) is 4.39 Å². The standard InChI is InChI=1S/C16H14BrFO/c1-9-4-11(3)15(5-10(9)2)16(19)12-6-13(17)8-14(18)7-12/h4-8H,1-3H3. The van der Waals surface area contributed by atoms with Crippen molar-refractivity contribution < 1.29 is 9.18 Å². The average molecular weight is 321 g/mol. The van der Waals surface area contributed by atoms with Gasteiger partial charge in [-0.15, -0.1) is 0 Å². The molecule has 0 saturated carbocycles. The SMILES string of the molecule is Cc1cc(C)c(C(=O)c2cc(F)cc(Br)c2)cc1C. The average Bonchev–Trinajstić information content (AvgIpc) is 2.31. The highest BCUT2D eigenvalue weighted by atomic mass is 79.9. The van der Waals surface area contributed by atoms with E-state index in [1.54, 1.807) is 6.07 Å². The van der Waals surface area contributed by atoms with Crippen molar-refractivity contribution in [3.8, 4) is 0 Å². The normalized spacial score (nSPS) is 10.6. The molecule has 0 aromatic heterocycles. The van der Waals surface area contributed by atoms with Gasteiger partial charge in [0.15, 0.2) is 5.78 Å². The smallest absolute Gasteiger partial charge is 0.193 e. The number of aryl methyl sites for hydroxylation is 3. The molecule has 0 aliphatic carbocycles. The first-order valence-corrected chi connectivity index (χ1v) is 6.76. The molecular weight excluding hydrogens is 307 g/mol. The van der Waals surface area contributed by atoms with Gasteiger partial charge in [0.25, 0.3) is 0 Å². The van der Waals surface area contributed by atoms with Crippen molar-refractivity contribution in [2.75, 3.05) is 0 Å². The maximum atomic E-state index is 13.4. The molecule has 0 fully saturated rings. The highest BCUT2D eigenvalue weighted by Crippen LogP contribution is 2.21. The van der Waals surface area contributed by atoms with Gasteiger partial charge in [-0.3, -0.25) is 4.79 Å². The topological polar surface area (TPSA) is 17.1 Å². The summed E-state index contributed by atoms with van der Waals surface area (Å²) in [7, 11) is 0. The summed E-state index contributed by atoms with van der Waals surface area (Å²) < 4.78 is 13.9. The van der Waals surface area contributed by atoms with Gasteiger partial charge in [-0.05, 0) is 61.7 Å². The van der Waals surface area contributed by atoms with Crippen LogP contribution in [0.15, 0.2) is 34.8 Å². The van der Waals surface area contributed by atoms with E-state index in [4.69, 9.17) is 0 Å². The molecule has 0 saturated heterocycles. The van der Waals surface area contributed by atoms with Crippen molar-refractivity contribution in [1.82, 2.24) is 0 Å². The van der Waals surface area contributed by atoms with Gasteiger partial charge in [-0.1, -0.05) is 22.0 Å². The molecule has 98 valence electrons. The third kappa shape index (κ3) is 2.92. The van der Waals surface area contributed by atoms with Crippen LogP contribution in [0.25, 0.3) is 0 Å². The lowest BCUT2D eigenvalue weighted by Gasteiger charge is -2.09. The zero-order chi connectivity index (χ0) is 14.2. The van der Waals surface area contributed by atoms with Gasteiger partial charge in [-0.2, -0.15) is 0 Å². The molecule has 3 heteroatoms. The summed E-state index contributed by atoms with van der Waals surface area (Å²) in [5.74, 6) is -0.569. The Labute approximate surface area is 120 Å². The van der Waals surface area contributed by atoms with Crippen molar-refractivity contribution in [2.45, 2.75) is 20.8 Å². The number of rotatable bonds is 2. The van der Waals surface area contributed by atoms with E-state index in [0.717, 1.165) is 16.7 Å². The fourth-order valence-corrected chi connectivity index (χ4v) is 2.51. The summed E-state index contributed by atoms with van der Waals surface area (Å²) in [5.41, 5.74) is 4.10. The first kappa shape index (κ1) is 13.9. The molecule has 0 aliphatic rings. The van der Waals surface area contributed by atoms with Crippen LogP contribution in [0.4, 0.5) is 4.39 Å². The predicted octanol–water partition coefficient (Wildman–Crippen LogP) is 4.74. The number of carbonyl (C=O) groups excluding carboxylic acids is 1. The number of carbonyl (C=O) groups is 1. The Morgan fingerprint density at radius 3 is 2.21 bits per heavy atom. The van der Waals surface area contributed by atoms with Crippen molar-refractivity contribution in [3.05, 3.63) is 68.4 Å². The third-order valence-corrected chi connectivity index (χ3v) is 3.67. The minimum atomic E-state index is -0.417. The van der Waals surface area contributed by atoms with Crippen molar-refractivity contribution in [2.24, 2.45) is 0 Å². The molecule has 0 amide bonds. The molecule has 19 heavy (non-hydrogen) atoms. The minimum absolute atomic E-state index is 0.152. The van der Waals surface area contributed by atoms with E-state index >= 15 is 0 Å². The quantitative estimate of drug-likeness (QED) is 0.730. The van der Waals surface area contributed by atoms with Crippen LogP contribution in [0.1, 0.15) is 32.6 Å². The molecule has 2 aromatic rings. The summed E-state index contributed by atoms with van der Waals surface area (Å²) in [4.78, 5) is 12.4.